The number of nitrogens with one attached hydrogen (secondary N) is 1. The first-order chi connectivity index (χ1) is 10.3. The first kappa shape index (κ1) is 14.2. The monoisotopic (exact) mass is 281 g/mol. The minimum absolute atomic E-state index is 0.559. The van der Waals surface area contributed by atoms with Gasteiger partial charge in [0, 0.05) is 12.6 Å². The van der Waals surface area contributed by atoms with Gasteiger partial charge in [-0.15, -0.1) is 0 Å². The molecule has 110 valence electrons. The molecule has 2 nitrogen and oxygen atoms in total. The maximum Gasteiger partial charge on any atom is 0.119 e. The molecule has 0 bridgehead atoms. The van der Waals surface area contributed by atoms with Crippen LogP contribution < -0.4 is 10.1 Å². The quantitative estimate of drug-likeness (QED) is 0.923. The van der Waals surface area contributed by atoms with Crippen molar-refractivity contribution in [1.82, 2.24) is 5.32 Å². The van der Waals surface area contributed by atoms with Crippen LogP contribution in [0, 0.1) is 6.92 Å². The summed E-state index contributed by atoms with van der Waals surface area (Å²) in [7, 11) is 1.73. The van der Waals surface area contributed by atoms with Gasteiger partial charge in [0.25, 0.3) is 0 Å². The lowest BCUT2D eigenvalue weighted by Gasteiger charge is -2.26. The predicted molar refractivity (Wildman–Crippen MR) is 86.8 cm³/mol. The number of methoxy groups -OCH3 is 1. The van der Waals surface area contributed by atoms with Crippen molar-refractivity contribution in [2.24, 2.45) is 0 Å². The lowest BCUT2D eigenvalue weighted by atomic mass is 9.88. The summed E-state index contributed by atoms with van der Waals surface area (Å²) in [5.41, 5.74) is 5.67. The molecule has 0 aliphatic heterocycles. The van der Waals surface area contributed by atoms with Crippen molar-refractivity contribution in [1.29, 1.82) is 0 Å². The molecule has 3 rings (SSSR count). The van der Waals surface area contributed by atoms with E-state index in [1.165, 1.54) is 28.7 Å². The molecule has 0 spiro atoms. The molecular weight excluding hydrogens is 258 g/mol. The summed E-state index contributed by atoms with van der Waals surface area (Å²) < 4.78 is 5.34. The van der Waals surface area contributed by atoms with E-state index < -0.39 is 0 Å². The molecular formula is C19H23NO. The third-order valence-electron chi connectivity index (χ3n) is 4.48. The van der Waals surface area contributed by atoms with Gasteiger partial charge in [-0.05, 0) is 60.6 Å². The Labute approximate surface area is 127 Å². The van der Waals surface area contributed by atoms with Gasteiger partial charge in [0.1, 0.15) is 5.75 Å². The van der Waals surface area contributed by atoms with Crippen LogP contribution in [0.25, 0.3) is 0 Å². The van der Waals surface area contributed by atoms with Gasteiger partial charge in [0.15, 0.2) is 0 Å². The lowest BCUT2D eigenvalue weighted by Crippen LogP contribution is -2.34. The van der Waals surface area contributed by atoms with Crippen LogP contribution in [-0.4, -0.2) is 13.2 Å². The minimum Gasteiger partial charge on any atom is -0.497 e. The Balaban J connectivity index is 1.65. The average molecular weight is 281 g/mol. The van der Waals surface area contributed by atoms with Gasteiger partial charge in [-0.1, -0.05) is 30.3 Å². The van der Waals surface area contributed by atoms with Crippen molar-refractivity contribution in [3.8, 4) is 5.75 Å². The molecule has 0 saturated heterocycles. The Kier molecular flexibility index (Phi) is 4.26. The third-order valence-corrected chi connectivity index (χ3v) is 4.48. The van der Waals surface area contributed by atoms with Crippen molar-refractivity contribution in [2.75, 3.05) is 7.11 Å². The molecule has 0 fully saturated rings. The lowest BCUT2D eigenvalue weighted by molar-refractivity contribution is 0.411. The van der Waals surface area contributed by atoms with Gasteiger partial charge in [0.05, 0.1) is 7.11 Å². The smallest absolute Gasteiger partial charge is 0.119 e. The molecule has 1 aliphatic rings. The fourth-order valence-electron chi connectivity index (χ4n) is 3.10. The van der Waals surface area contributed by atoms with E-state index in [2.05, 4.69) is 54.7 Å². The number of fused-ring (bicyclic) bond motifs is 1. The second-order valence-electron chi connectivity index (χ2n) is 5.88. The van der Waals surface area contributed by atoms with E-state index in [1.54, 1.807) is 7.11 Å². The van der Waals surface area contributed by atoms with Gasteiger partial charge in [-0.3, -0.25) is 0 Å². The van der Waals surface area contributed by atoms with Crippen molar-refractivity contribution < 1.29 is 4.74 Å². The van der Waals surface area contributed by atoms with E-state index in [1.807, 2.05) is 0 Å². The molecule has 2 aromatic carbocycles. The molecule has 2 heteroatoms. The summed E-state index contributed by atoms with van der Waals surface area (Å²) in [6.45, 7) is 3.13. The number of rotatable bonds is 4. The van der Waals surface area contributed by atoms with E-state index in [0.717, 1.165) is 25.1 Å². The molecule has 1 N–H and O–H groups in total. The summed E-state index contributed by atoms with van der Waals surface area (Å²) >= 11 is 0. The minimum atomic E-state index is 0.559. The molecule has 1 aliphatic carbocycles. The van der Waals surface area contributed by atoms with E-state index >= 15 is 0 Å². The Morgan fingerprint density at radius 1 is 1.14 bits per heavy atom. The Morgan fingerprint density at radius 2 is 2.00 bits per heavy atom. The Hall–Kier alpha value is -1.80. The number of aryl methyl sites for hydroxylation is 2. The van der Waals surface area contributed by atoms with Gasteiger partial charge in [0.2, 0.25) is 0 Å². The SMILES string of the molecule is COc1ccc2c(c1)CC(NCc1ccccc1C)CC2. The van der Waals surface area contributed by atoms with E-state index in [0.29, 0.717) is 6.04 Å². The maximum atomic E-state index is 5.34. The zero-order valence-electron chi connectivity index (χ0n) is 12.9. The van der Waals surface area contributed by atoms with Crippen LogP contribution in [0.3, 0.4) is 0 Å². The highest BCUT2D eigenvalue weighted by Gasteiger charge is 2.18. The fraction of sp³-hybridized carbons (Fsp3) is 0.368. The topological polar surface area (TPSA) is 21.3 Å². The second-order valence-corrected chi connectivity index (χ2v) is 5.88. The first-order valence-corrected chi connectivity index (χ1v) is 7.70. The first-order valence-electron chi connectivity index (χ1n) is 7.70. The van der Waals surface area contributed by atoms with Crippen LogP contribution in [0.5, 0.6) is 5.75 Å². The van der Waals surface area contributed by atoms with E-state index in [9.17, 15) is 0 Å². The standard InChI is InChI=1S/C19H23NO/c1-14-5-3-4-6-16(14)13-20-18-9-7-15-8-10-19(21-2)12-17(15)11-18/h3-6,8,10,12,18,20H,7,9,11,13H2,1-2H3. The fourth-order valence-corrected chi connectivity index (χ4v) is 3.10. The van der Waals surface area contributed by atoms with Crippen LogP contribution >= 0.6 is 0 Å². The number of hydrogen-bond acceptors (Lipinski definition) is 2. The summed E-state index contributed by atoms with van der Waals surface area (Å²) in [4.78, 5) is 0. The number of benzene rings is 2. The number of hydrogen-bond donors (Lipinski definition) is 1. The molecule has 2 aromatic rings. The number of ether oxygens (including phenoxy) is 1. The van der Waals surface area contributed by atoms with Crippen LogP contribution in [0.4, 0.5) is 0 Å². The van der Waals surface area contributed by atoms with Crippen LogP contribution in [0.1, 0.15) is 28.7 Å². The average Bonchev–Trinajstić information content (AvgIpc) is 2.53. The molecule has 0 radical (unpaired) electrons. The normalized spacial score (nSPS) is 17.3. The zero-order chi connectivity index (χ0) is 14.7. The van der Waals surface area contributed by atoms with Crippen molar-refractivity contribution in [3.63, 3.8) is 0 Å². The summed E-state index contributed by atoms with van der Waals surface area (Å²) in [6.07, 6.45) is 3.47. The van der Waals surface area contributed by atoms with Crippen LogP contribution in [-0.2, 0) is 19.4 Å². The molecule has 0 amide bonds. The Morgan fingerprint density at radius 3 is 2.81 bits per heavy atom. The second kappa shape index (κ2) is 6.31. The summed E-state index contributed by atoms with van der Waals surface area (Å²) in [6, 6.07) is 15.6. The molecule has 21 heavy (non-hydrogen) atoms. The van der Waals surface area contributed by atoms with E-state index in [4.69, 9.17) is 4.74 Å². The summed E-state index contributed by atoms with van der Waals surface area (Å²) in [5, 5.41) is 3.72. The van der Waals surface area contributed by atoms with Crippen molar-refractivity contribution in [2.45, 2.75) is 38.8 Å². The molecule has 1 unspecified atom stereocenters. The highest BCUT2D eigenvalue weighted by Crippen LogP contribution is 2.25. The van der Waals surface area contributed by atoms with Gasteiger partial charge in [-0.2, -0.15) is 0 Å². The Bertz CT molecular complexity index is 621. The molecule has 0 heterocycles. The van der Waals surface area contributed by atoms with Gasteiger partial charge < -0.3 is 10.1 Å². The van der Waals surface area contributed by atoms with Crippen molar-refractivity contribution >= 4 is 0 Å². The molecule has 1 atom stereocenters. The van der Waals surface area contributed by atoms with Crippen LogP contribution in [0.15, 0.2) is 42.5 Å². The highest BCUT2D eigenvalue weighted by molar-refractivity contribution is 5.38. The third kappa shape index (κ3) is 3.27. The predicted octanol–water partition coefficient (Wildman–Crippen LogP) is 3.65. The largest absolute Gasteiger partial charge is 0.497 e. The van der Waals surface area contributed by atoms with Gasteiger partial charge >= 0.3 is 0 Å². The highest BCUT2D eigenvalue weighted by atomic mass is 16.5. The van der Waals surface area contributed by atoms with Crippen LogP contribution in [0.2, 0.25) is 0 Å². The summed E-state index contributed by atoms with van der Waals surface area (Å²) in [5.74, 6) is 0.966. The maximum absolute atomic E-state index is 5.34. The van der Waals surface area contributed by atoms with Gasteiger partial charge in [-0.25, -0.2) is 0 Å². The molecule has 0 saturated carbocycles. The molecule has 0 aromatic heterocycles. The van der Waals surface area contributed by atoms with E-state index in [-0.39, 0.29) is 0 Å². The van der Waals surface area contributed by atoms with Crippen molar-refractivity contribution in [3.05, 3.63) is 64.7 Å². The zero-order valence-corrected chi connectivity index (χ0v) is 12.9.